The highest BCUT2D eigenvalue weighted by Gasteiger charge is 2.27. The molecule has 1 amide bonds. The minimum atomic E-state index is -0.874. The summed E-state index contributed by atoms with van der Waals surface area (Å²) >= 11 is 0. The Balaban J connectivity index is 3.89. The standard InChI is InChI=1S/C44H87NO5/c1-4-6-8-10-12-14-16-18-19-20-21-22-23-24-26-28-30-32-34-36-38-43(50-40(3)47)44(49)45-41(39-46)42(48)37-35-33-31-29-27-25-17-15-13-11-9-7-5-2/h41-43,46,48H,4-39H2,1-3H3,(H,45,49)/t41-,42+,43+/m0/s1. The van der Waals surface area contributed by atoms with E-state index in [1.807, 2.05) is 0 Å². The molecule has 3 N–H and O–H groups in total. The molecule has 3 atom stereocenters. The zero-order chi connectivity index (χ0) is 36.8. The van der Waals surface area contributed by atoms with E-state index in [9.17, 15) is 19.8 Å². The molecule has 0 aliphatic carbocycles. The van der Waals surface area contributed by atoms with Gasteiger partial charge in [-0.05, 0) is 19.3 Å². The van der Waals surface area contributed by atoms with Gasteiger partial charge in [0, 0.05) is 6.92 Å². The first-order chi connectivity index (χ1) is 24.5. The number of carbonyl (C=O) groups is 2. The number of carbonyl (C=O) groups excluding carboxylic acids is 2. The van der Waals surface area contributed by atoms with Gasteiger partial charge in [0.1, 0.15) is 0 Å². The van der Waals surface area contributed by atoms with E-state index in [2.05, 4.69) is 19.2 Å². The third-order valence-electron chi connectivity index (χ3n) is 10.5. The van der Waals surface area contributed by atoms with Gasteiger partial charge in [0.2, 0.25) is 0 Å². The first-order valence-electron chi connectivity index (χ1n) is 22.2. The molecular weight excluding hydrogens is 622 g/mol. The molecule has 0 aromatic carbocycles. The van der Waals surface area contributed by atoms with E-state index >= 15 is 0 Å². The average molecular weight is 710 g/mol. The van der Waals surface area contributed by atoms with Crippen LogP contribution in [0.4, 0.5) is 0 Å². The Bertz CT molecular complexity index is 717. The number of nitrogens with one attached hydrogen (secondary N) is 1. The number of hydrogen-bond donors (Lipinski definition) is 3. The molecule has 0 rings (SSSR count). The molecule has 0 radical (unpaired) electrons. The van der Waals surface area contributed by atoms with Crippen LogP contribution < -0.4 is 5.32 Å². The summed E-state index contributed by atoms with van der Waals surface area (Å²) < 4.78 is 5.35. The van der Waals surface area contributed by atoms with Crippen molar-refractivity contribution in [2.75, 3.05) is 6.61 Å². The van der Waals surface area contributed by atoms with Gasteiger partial charge in [-0.25, -0.2) is 0 Å². The first-order valence-corrected chi connectivity index (χ1v) is 22.2. The molecule has 0 spiro atoms. The van der Waals surface area contributed by atoms with Crippen molar-refractivity contribution < 1.29 is 24.5 Å². The van der Waals surface area contributed by atoms with Crippen molar-refractivity contribution in [1.82, 2.24) is 5.32 Å². The number of ether oxygens (including phenoxy) is 1. The van der Waals surface area contributed by atoms with E-state index in [0.29, 0.717) is 12.8 Å². The summed E-state index contributed by atoms with van der Waals surface area (Å²) in [4.78, 5) is 24.7. The summed E-state index contributed by atoms with van der Waals surface area (Å²) in [5.41, 5.74) is 0. The summed E-state index contributed by atoms with van der Waals surface area (Å²) in [6, 6.07) is -0.743. The molecule has 0 aliphatic rings. The van der Waals surface area contributed by atoms with Crippen LogP contribution in [0.2, 0.25) is 0 Å². The van der Waals surface area contributed by atoms with Crippen LogP contribution in [0.25, 0.3) is 0 Å². The highest BCUT2D eigenvalue weighted by molar-refractivity contribution is 5.83. The van der Waals surface area contributed by atoms with Crippen LogP contribution in [-0.2, 0) is 14.3 Å². The van der Waals surface area contributed by atoms with Gasteiger partial charge in [-0.1, -0.05) is 219 Å². The maximum atomic E-state index is 13.0. The Morgan fingerprint density at radius 1 is 0.480 bits per heavy atom. The van der Waals surface area contributed by atoms with Crippen molar-refractivity contribution >= 4 is 11.9 Å². The van der Waals surface area contributed by atoms with Crippen LogP contribution in [-0.4, -0.2) is 46.9 Å². The molecule has 298 valence electrons. The van der Waals surface area contributed by atoms with E-state index in [1.54, 1.807) is 0 Å². The van der Waals surface area contributed by atoms with Gasteiger partial charge in [-0.3, -0.25) is 9.59 Å². The van der Waals surface area contributed by atoms with Crippen molar-refractivity contribution in [1.29, 1.82) is 0 Å². The van der Waals surface area contributed by atoms with Gasteiger partial charge in [-0.15, -0.1) is 0 Å². The van der Waals surface area contributed by atoms with E-state index < -0.39 is 30.1 Å². The molecule has 6 nitrogen and oxygen atoms in total. The fraction of sp³-hybridized carbons (Fsp3) is 0.955. The van der Waals surface area contributed by atoms with Gasteiger partial charge in [0.05, 0.1) is 18.8 Å². The average Bonchev–Trinajstić information content (AvgIpc) is 3.10. The second-order valence-electron chi connectivity index (χ2n) is 15.5. The van der Waals surface area contributed by atoms with E-state index in [0.717, 1.165) is 38.5 Å². The van der Waals surface area contributed by atoms with E-state index in [4.69, 9.17) is 4.74 Å². The SMILES string of the molecule is CCCCCCCCCCCCCCCCCCCCCC[C@@H](OC(C)=O)C(=O)N[C@@H](CO)[C@H](O)CCCCCCCCCCCCCCC. The highest BCUT2D eigenvalue weighted by atomic mass is 16.5. The van der Waals surface area contributed by atoms with Crippen molar-refractivity contribution in [2.24, 2.45) is 0 Å². The van der Waals surface area contributed by atoms with E-state index in [-0.39, 0.29) is 6.61 Å². The number of rotatable bonds is 40. The summed E-state index contributed by atoms with van der Waals surface area (Å²) in [7, 11) is 0. The molecule has 0 bridgehead atoms. The first kappa shape index (κ1) is 48.9. The molecule has 0 aromatic rings. The summed E-state index contributed by atoms with van der Waals surface area (Å²) in [5.74, 6) is -0.896. The fourth-order valence-electron chi connectivity index (χ4n) is 7.14. The van der Waals surface area contributed by atoms with Crippen LogP contribution in [0.3, 0.4) is 0 Å². The number of aliphatic hydroxyl groups is 2. The second-order valence-corrected chi connectivity index (χ2v) is 15.5. The predicted molar refractivity (Wildman–Crippen MR) is 214 cm³/mol. The smallest absolute Gasteiger partial charge is 0.303 e. The van der Waals surface area contributed by atoms with Crippen LogP contribution in [0, 0.1) is 0 Å². The highest BCUT2D eigenvalue weighted by Crippen LogP contribution is 2.17. The predicted octanol–water partition coefficient (Wildman–Crippen LogP) is 12.4. The van der Waals surface area contributed by atoms with Crippen molar-refractivity contribution in [2.45, 2.75) is 264 Å². The third-order valence-corrected chi connectivity index (χ3v) is 10.5. The maximum absolute atomic E-state index is 13.0. The Kier molecular flexibility index (Phi) is 38.2. The Labute approximate surface area is 311 Å². The lowest BCUT2D eigenvalue weighted by atomic mass is 10.0. The van der Waals surface area contributed by atoms with Gasteiger partial charge < -0.3 is 20.3 Å². The minimum Gasteiger partial charge on any atom is -0.452 e. The Morgan fingerprint density at radius 3 is 1.04 bits per heavy atom. The van der Waals surface area contributed by atoms with Crippen LogP contribution in [0.1, 0.15) is 245 Å². The van der Waals surface area contributed by atoms with Gasteiger partial charge in [-0.2, -0.15) is 0 Å². The molecule has 0 heterocycles. The summed E-state index contributed by atoms with van der Waals surface area (Å²) in [6.45, 7) is 5.53. The molecule has 0 aromatic heterocycles. The number of unbranched alkanes of at least 4 members (excludes halogenated alkanes) is 31. The number of aliphatic hydroxyl groups excluding tert-OH is 2. The number of amides is 1. The van der Waals surface area contributed by atoms with Gasteiger partial charge in [0.15, 0.2) is 6.10 Å². The fourth-order valence-corrected chi connectivity index (χ4v) is 7.14. The van der Waals surface area contributed by atoms with E-state index in [1.165, 1.54) is 180 Å². The Hall–Kier alpha value is -1.14. The number of hydrogen-bond acceptors (Lipinski definition) is 5. The van der Waals surface area contributed by atoms with Crippen LogP contribution in [0.15, 0.2) is 0 Å². The monoisotopic (exact) mass is 710 g/mol. The zero-order valence-electron chi connectivity index (χ0n) is 33.8. The largest absolute Gasteiger partial charge is 0.452 e. The van der Waals surface area contributed by atoms with Gasteiger partial charge in [0.25, 0.3) is 5.91 Å². The maximum Gasteiger partial charge on any atom is 0.303 e. The van der Waals surface area contributed by atoms with Gasteiger partial charge >= 0.3 is 5.97 Å². The van der Waals surface area contributed by atoms with Crippen molar-refractivity contribution in [3.63, 3.8) is 0 Å². The summed E-state index contributed by atoms with van der Waals surface area (Å²) in [6.07, 6.45) is 42.1. The lowest BCUT2D eigenvalue weighted by Gasteiger charge is -2.25. The van der Waals surface area contributed by atoms with Crippen molar-refractivity contribution in [3.8, 4) is 0 Å². The zero-order valence-corrected chi connectivity index (χ0v) is 33.8. The Morgan fingerprint density at radius 2 is 0.760 bits per heavy atom. The normalized spacial score (nSPS) is 13.3. The molecule has 0 unspecified atom stereocenters. The quantitative estimate of drug-likeness (QED) is 0.0435. The molecule has 0 saturated heterocycles. The molecule has 6 heteroatoms. The third kappa shape index (κ3) is 34.0. The molecular formula is C44H87NO5. The topological polar surface area (TPSA) is 95.9 Å². The minimum absolute atomic E-state index is 0.336. The number of esters is 1. The van der Waals surface area contributed by atoms with Crippen LogP contribution in [0.5, 0.6) is 0 Å². The lowest BCUT2D eigenvalue weighted by Crippen LogP contribution is -2.50. The lowest BCUT2D eigenvalue weighted by molar-refractivity contribution is -0.155. The van der Waals surface area contributed by atoms with Crippen molar-refractivity contribution in [3.05, 3.63) is 0 Å². The van der Waals surface area contributed by atoms with Crippen LogP contribution >= 0.6 is 0 Å². The molecule has 50 heavy (non-hydrogen) atoms. The molecule has 0 saturated carbocycles. The molecule has 0 aliphatic heterocycles. The summed E-state index contributed by atoms with van der Waals surface area (Å²) in [5, 5.41) is 23.3. The molecule has 0 fully saturated rings. The second kappa shape index (κ2) is 39.1.